The number of Topliss-reactive ketones (excluding diaryl/α,β-unsaturated/α-hetero) is 2. The predicted octanol–water partition coefficient (Wildman–Crippen LogP) is 2.89. The van der Waals surface area contributed by atoms with Crippen molar-refractivity contribution in [2.24, 2.45) is 0 Å². The van der Waals surface area contributed by atoms with Gasteiger partial charge in [0.05, 0.1) is 18.1 Å². The van der Waals surface area contributed by atoms with Gasteiger partial charge in [-0.1, -0.05) is 42.5 Å². The highest BCUT2D eigenvalue weighted by molar-refractivity contribution is 6.26. The second-order valence-electron chi connectivity index (χ2n) is 5.94. The minimum Gasteiger partial charge on any atom is -0.488 e. The van der Waals surface area contributed by atoms with Crippen LogP contribution in [0.15, 0.2) is 59.9 Å². The lowest BCUT2D eigenvalue weighted by atomic mass is 9.80. The molecule has 0 N–H and O–H groups in total. The Morgan fingerprint density at radius 2 is 1.57 bits per heavy atom. The Morgan fingerprint density at radius 3 is 2.39 bits per heavy atom. The number of rotatable bonds is 0. The third-order valence-corrected chi connectivity index (χ3v) is 4.74. The van der Waals surface area contributed by atoms with Gasteiger partial charge >= 0.3 is 0 Å². The second kappa shape index (κ2) is 4.32. The molecule has 0 saturated carbocycles. The molecule has 0 saturated heterocycles. The van der Waals surface area contributed by atoms with Crippen LogP contribution in [0.4, 0.5) is 0 Å². The molecule has 2 aliphatic heterocycles. The molecule has 23 heavy (non-hydrogen) atoms. The molecule has 0 fully saturated rings. The highest BCUT2D eigenvalue weighted by atomic mass is 16.5. The lowest BCUT2D eigenvalue weighted by Crippen LogP contribution is -2.39. The molecule has 0 radical (unpaired) electrons. The number of ketones is 2. The van der Waals surface area contributed by atoms with E-state index in [-0.39, 0.29) is 23.2 Å². The van der Waals surface area contributed by atoms with Gasteiger partial charge in [-0.3, -0.25) is 9.59 Å². The van der Waals surface area contributed by atoms with Gasteiger partial charge in [0.2, 0.25) is 5.78 Å². The molecule has 2 aromatic rings. The standard InChI is InChI=1S/C19H12O4/c20-16-11-6-1-2-7-12(11)17(21)19-15(16)18-13(9-22-19)10-5-3-4-8-14(10)23-18/h1-8,13,18H,9H2/t13-,18+/m0/s1. The van der Waals surface area contributed by atoms with Crippen molar-refractivity contribution in [2.75, 3.05) is 6.61 Å². The first-order valence-electron chi connectivity index (χ1n) is 7.56. The Kier molecular flexibility index (Phi) is 2.37. The summed E-state index contributed by atoms with van der Waals surface area (Å²) in [5.41, 5.74) is 2.23. The summed E-state index contributed by atoms with van der Waals surface area (Å²) in [6, 6.07) is 14.6. The number of ether oxygens (including phenoxy) is 2. The largest absolute Gasteiger partial charge is 0.488 e. The number of allylic oxidation sites excluding steroid dienone is 1. The zero-order chi connectivity index (χ0) is 15.6. The molecule has 0 amide bonds. The van der Waals surface area contributed by atoms with Crippen LogP contribution in [0.25, 0.3) is 0 Å². The predicted molar refractivity (Wildman–Crippen MR) is 81.7 cm³/mol. The Hall–Kier alpha value is -2.88. The Labute approximate surface area is 132 Å². The van der Waals surface area contributed by atoms with Crippen molar-refractivity contribution in [2.45, 2.75) is 12.0 Å². The minimum absolute atomic E-state index is 0.0491. The van der Waals surface area contributed by atoms with Crippen LogP contribution in [-0.2, 0) is 4.74 Å². The van der Waals surface area contributed by atoms with E-state index in [2.05, 4.69) is 0 Å². The normalized spacial score (nSPS) is 24.2. The number of hydrogen-bond donors (Lipinski definition) is 0. The molecule has 112 valence electrons. The van der Waals surface area contributed by atoms with Crippen LogP contribution in [0.2, 0.25) is 0 Å². The molecule has 0 bridgehead atoms. The van der Waals surface area contributed by atoms with E-state index in [1.165, 1.54) is 0 Å². The molecule has 5 rings (SSSR count). The molecule has 3 aliphatic rings. The summed E-state index contributed by atoms with van der Waals surface area (Å²) >= 11 is 0. The summed E-state index contributed by atoms with van der Waals surface area (Å²) < 4.78 is 11.7. The van der Waals surface area contributed by atoms with Crippen molar-refractivity contribution >= 4 is 11.6 Å². The van der Waals surface area contributed by atoms with E-state index in [1.807, 2.05) is 24.3 Å². The number of benzene rings is 2. The van der Waals surface area contributed by atoms with E-state index < -0.39 is 6.10 Å². The van der Waals surface area contributed by atoms with Crippen LogP contribution in [0.3, 0.4) is 0 Å². The van der Waals surface area contributed by atoms with Crippen molar-refractivity contribution in [3.8, 4) is 5.75 Å². The maximum atomic E-state index is 12.9. The van der Waals surface area contributed by atoms with Gasteiger partial charge in [-0.25, -0.2) is 0 Å². The van der Waals surface area contributed by atoms with Crippen molar-refractivity contribution < 1.29 is 19.1 Å². The van der Waals surface area contributed by atoms with E-state index in [0.717, 1.165) is 11.3 Å². The zero-order valence-corrected chi connectivity index (χ0v) is 12.1. The summed E-state index contributed by atoms with van der Waals surface area (Å²) in [6.45, 7) is 0.349. The summed E-state index contributed by atoms with van der Waals surface area (Å²) in [5, 5.41) is 0. The van der Waals surface area contributed by atoms with Gasteiger partial charge < -0.3 is 9.47 Å². The summed E-state index contributed by atoms with van der Waals surface area (Å²) in [4.78, 5) is 25.6. The molecule has 1 aliphatic carbocycles. The number of hydrogen-bond acceptors (Lipinski definition) is 4. The average molecular weight is 304 g/mol. The fourth-order valence-electron chi connectivity index (χ4n) is 3.66. The van der Waals surface area contributed by atoms with Crippen molar-refractivity contribution in [3.05, 3.63) is 76.6 Å². The quantitative estimate of drug-likeness (QED) is 0.751. The van der Waals surface area contributed by atoms with Gasteiger partial charge in [-0.15, -0.1) is 0 Å². The van der Waals surface area contributed by atoms with E-state index >= 15 is 0 Å². The number of para-hydroxylation sites is 1. The van der Waals surface area contributed by atoms with Gasteiger partial charge in [0, 0.05) is 16.7 Å². The van der Waals surface area contributed by atoms with Crippen LogP contribution in [0.1, 0.15) is 32.2 Å². The minimum atomic E-state index is -0.444. The molecule has 2 atom stereocenters. The van der Waals surface area contributed by atoms with Gasteiger partial charge in [-0.05, 0) is 6.07 Å². The van der Waals surface area contributed by atoms with Gasteiger partial charge in [0.1, 0.15) is 11.9 Å². The van der Waals surface area contributed by atoms with Gasteiger partial charge in [0.15, 0.2) is 11.5 Å². The van der Waals surface area contributed by atoms with Gasteiger partial charge in [0.25, 0.3) is 0 Å². The highest BCUT2D eigenvalue weighted by Gasteiger charge is 2.48. The van der Waals surface area contributed by atoms with E-state index in [9.17, 15) is 9.59 Å². The Morgan fingerprint density at radius 1 is 0.870 bits per heavy atom. The number of carbonyl (C=O) groups excluding carboxylic acids is 2. The molecule has 0 aromatic heterocycles. The van der Waals surface area contributed by atoms with E-state index in [0.29, 0.717) is 23.3 Å². The molecular weight excluding hydrogens is 292 g/mol. The van der Waals surface area contributed by atoms with Crippen LogP contribution in [0.5, 0.6) is 5.75 Å². The summed E-state index contributed by atoms with van der Waals surface area (Å²) in [5.74, 6) is 0.472. The summed E-state index contributed by atoms with van der Waals surface area (Å²) in [6.07, 6.45) is -0.444. The average Bonchev–Trinajstić information content (AvgIpc) is 2.98. The van der Waals surface area contributed by atoms with Crippen LogP contribution in [0, 0.1) is 0 Å². The van der Waals surface area contributed by atoms with Crippen LogP contribution < -0.4 is 4.74 Å². The fourth-order valence-corrected chi connectivity index (χ4v) is 3.66. The third-order valence-electron chi connectivity index (χ3n) is 4.74. The molecule has 4 nitrogen and oxygen atoms in total. The first-order valence-corrected chi connectivity index (χ1v) is 7.56. The van der Waals surface area contributed by atoms with Crippen LogP contribution in [-0.4, -0.2) is 24.3 Å². The monoisotopic (exact) mass is 304 g/mol. The van der Waals surface area contributed by atoms with E-state index in [1.54, 1.807) is 24.3 Å². The smallest absolute Gasteiger partial charge is 0.228 e. The first kappa shape index (κ1) is 12.6. The van der Waals surface area contributed by atoms with Crippen molar-refractivity contribution in [3.63, 3.8) is 0 Å². The zero-order valence-electron chi connectivity index (χ0n) is 12.1. The molecular formula is C19H12O4. The van der Waals surface area contributed by atoms with Crippen molar-refractivity contribution in [1.29, 1.82) is 0 Å². The third kappa shape index (κ3) is 1.55. The Balaban J connectivity index is 1.68. The maximum Gasteiger partial charge on any atom is 0.228 e. The van der Waals surface area contributed by atoms with E-state index in [4.69, 9.17) is 9.47 Å². The molecule has 2 aromatic carbocycles. The molecule has 2 heterocycles. The fraction of sp³-hybridized carbons (Fsp3) is 0.158. The lowest BCUT2D eigenvalue weighted by molar-refractivity contribution is 0.0697. The lowest BCUT2D eigenvalue weighted by Gasteiger charge is -2.31. The Bertz CT molecular complexity index is 909. The molecule has 0 spiro atoms. The maximum absolute atomic E-state index is 12.9. The molecule has 0 unspecified atom stereocenters. The number of carbonyl (C=O) groups is 2. The number of fused-ring (bicyclic) bond motifs is 5. The van der Waals surface area contributed by atoms with Crippen molar-refractivity contribution in [1.82, 2.24) is 0 Å². The summed E-state index contributed by atoms with van der Waals surface area (Å²) in [7, 11) is 0. The second-order valence-corrected chi connectivity index (χ2v) is 5.94. The topological polar surface area (TPSA) is 52.6 Å². The van der Waals surface area contributed by atoms with Crippen LogP contribution >= 0.6 is 0 Å². The highest BCUT2D eigenvalue weighted by Crippen LogP contribution is 2.46. The molecule has 4 heteroatoms. The van der Waals surface area contributed by atoms with Gasteiger partial charge in [-0.2, -0.15) is 0 Å². The SMILES string of the molecule is O=C1C2=C(C(=O)c3ccccc31)[C@@H]1Oc3ccccc3[C@@H]1CO2. The first-order chi connectivity index (χ1) is 11.3.